The molecule has 0 spiro atoms. The van der Waals surface area contributed by atoms with E-state index >= 15 is 0 Å². The Morgan fingerprint density at radius 1 is 0.911 bits per heavy atom. The monoisotopic (exact) mass is 634 g/mol. The molecule has 0 atom stereocenters. The summed E-state index contributed by atoms with van der Waals surface area (Å²) in [6.07, 6.45) is 7.34. The number of amides is 1. The maximum absolute atomic E-state index is 12.6. The van der Waals surface area contributed by atoms with E-state index in [4.69, 9.17) is 9.57 Å². The fourth-order valence-corrected chi connectivity index (χ4v) is 5.04. The van der Waals surface area contributed by atoms with E-state index in [0.717, 1.165) is 68.0 Å². The van der Waals surface area contributed by atoms with Crippen molar-refractivity contribution in [2.45, 2.75) is 50.7 Å². The Hall–Kier alpha value is -4.09. The van der Waals surface area contributed by atoms with Gasteiger partial charge >= 0.3 is 5.97 Å². The number of ether oxygens (including phenoxy) is 1. The number of benzene rings is 2. The summed E-state index contributed by atoms with van der Waals surface area (Å²) in [5.41, 5.74) is 6.90. The number of rotatable bonds is 22. The third-order valence-electron chi connectivity index (χ3n) is 6.76. The van der Waals surface area contributed by atoms with Gasteiger partial charge in [0.1, 0.15) is 18.1 Å². The lowest BCUT2D eigenvalue weighted by molar-refractivity contribution is -0.143. The molecule has 1 heterocycles. The molecule has 0 aliphatic heterocycles. The molecule has 3 N–H and O–H groups in total. The normalized spacial score (nSPS) is 11.0. The molecule has 0 saturated carbocycles. The van der Waals surface area contributed by atoms with Gasteiger partial charge in [-0.3, -0.25) is 9.59 Å². The van der Waals surface area contributed by atoms with E-state index in [1.165, 1.54) is 5.56 Å². The van der Waals surface area contributed by atoms with Crippen molar-refractivity contribution in [1.82, 2.24) is 15.2 Å². The molecule has 0 radical (unpaired) electrons. The highest BCUT2D eigenvalue weighted by molar-refractivity contribution is 7.98. The average molecular weight is 635 g/mol. The Morgan fingerprint density at radius 2 is 1.62 bits per heavy atom. The zero-order valence-corrected chi connectivity index (χ0v) is 27.2. The minimum atomic E-state index is -0.181. The number of aryl methyl sites for hydroxylation is 1. The van der Waals surface area contributed by atoms with Crippen LogP contribution in [0, 0.1) is 0 Å². The van der Waals surface area contributed by atoms with Gasteiger partial charge in [-0.25, -0.2) is 5.48 Å². The fourth-order valence-electron chi connectivity index (χ4n) is 4.26. The van der Waals surface area contributed by atoms with Crippen molar-refractivity contribution in [3.8, 4) is 0 Å². The van der Waals surface area contributed by atoms with Crippen molar-refractivity contribution in [3.63, 3.8) is 0 Å². The molecule has 0 bridgehead atoms. The van der Waals surface area contributed by atoms with Crippen molar-refractivity contribution in [1.29, 1.82) is 0 Å². The number of hydrogen-bond acceptors (Lipinski definition) is 9. The van der Waals surface area contributed by atoms with E-state index in [1.807, 2.05) is 68.7 Å². The first-order chi connectivity index (χ1) is 21.9. The van der Waals surface area contributed by atoms with Crippen LogP contribution in [0.15, 0.2) is 89.4 Å². The average Bonchev–Trinajstić information content (AvgIpc) is 3.43. The molecule has 0 saturated heterocycles. The lowest BCUT2D eigenvalue weighted by Crippen LogP contribution is -2.26. The number of anilines is 1. The van der Waals surface area contributed by atoms with Gasteiger partial charge in [0.25, 0.3) is 5.91 Å². The molecular weight excluding hydrogens is 588 g/mol. The highest BCUT2D eigenvalue weighted by atomic mass is 32.2. The Morgan fingerprint density at radius 3 is 2.38 bits per heavy atom. The van der Waals surface area contributed by atoms with E-state index in [1.54, 1.807) is 28.6 Å². The summed E-state index contributed by atoms with van der Waals surface area (Å²) >= 11 is 1.72. The fraction of sp³-hybridized carbons (Fsp3) is 0.412. The molecule has 0 aliphatic carbocycles. The van der Waals surface area contributed by atoms with Crippen LogP contribution in [0.3, 0.4) is 0 Å². The Bertz CT molecular complexity index is 1340. The summed E-state index contributed by atoms with van der Waals surface area (Å²) in [5, 5.41) is 14.6. The summed E-state index contributed by atoms with van der Waals surface area (Å²) in [6, 6.07) is 19.4. The smallest absolute Gasteiger partial charge is 0.305 e. The lowest BCUT2D eigenvalue weighted by Gasteiger charge is -2.08. The zero-order chi connectivity index (χ0) is 32.1. The number of carbonyl (C=O) groups excluding carboxylic acids is 2. The van der Waals surface area contributed by atoms with Crippen LogP contribution in [0.4, 0.5) is 17.1 Å². The first-order valence-corrected chi connectivity index (χ1v) is 16.6. The van der Waals surface area contributed by atoms with E-state index in [9.17, 15) is 9.59 Å². The third-order valence-corrected chi connectivity index (χ3v) is 7.75. The summed E-state index contributed by atoms with van der Waals surface area (Å²) in [6.45, 7) is 5.83. The number of thioether (sulfide) groups is 1. The van der Waals surface area contributed by atoms with Crippen molar-refractivity contribution >= 4 is 40.7 Å². The number of azo groups is 1. The van der Waals surface area contributed by atoms with E-state index in [2.05, 4.69) is 32.9 Å². The van der Waals surface area contributed by atoms with Gasteiger partial charge in [-0.1, -0.05) is 43.3 Å². The van der Waals surface area contributed by atoms with Crippen molar-refractivity contribution in [2.75, 3.05) is 38.0 Å². The van der Waals surface area contributed by atoms with E-state index in [-0.39, 0.29) is 11.9 Å². The molecule has 1 aromatic heterocycles. The minimum Gasteiger partial charge on any atom is -0.465 e. The highest BCUT2D eigenvalue weighted by Crippen LogP contribution is 2.20. The van der Waals surface area contributed by atoms with Crippen LogP contribution in [0.1, 0.15) is 61.0 Å². The highest BCUT2D eigenvalue weighted by Gasteiger charge is 2.12. The largest absolute Gasteiger partial charge is 0.465 e. The topological polar surface area (TPSA) is 118 Å². The van der Waals surface area contributed by atoms with Crippen LogP contribution in [-0.4, -0.2) is 48.9 Å². The molecule has 3 rings (SSSR count). The Kier molecular flexibility index (Phi) is 16.4. The molecule has 0 fully saturated rings. The third kappa shape index (κ3) is 14.5. The number of carbonyl (C=O) groups is 2. The number of nitrogens with zero attached hydrogens (tertiary/aromatic N) is 3. The lowest BCUT2D eigenvalue weighted by atomic mass is 10.2. The summed E-state index contributed by atoms with van der Waals surface area (Å²) in [5.74, 6) is 1.89. The van der Waals surface area contributed by atoms with E-state index in [0.29, 0.717) is 36.7 Å². The number of hydrogen-bond donors (Lipinski definition) is 3. The maximum Gasteiger partial charge on any atom is 0.305 e. The summed E-state index contributed by atoms with van der Waals surface area (Å²) in [7, 11) is 3.75. The molecule has 0 aliphatic rings. The SMILES string of the molecule is C=C(CCCCNC)ONc1cc(C(=O)NCCCCCC(=O)OCCSCc2ccc(N=Nc3ccccc3)cc2)n(C)c1. The van der Waals surface area contributed by atoms with Crippen LogP contribution in [0.25, 0.3) is 0 Å². The first-order valence-electron chi connectivity index (χ1n) is 15.4. The van der Waals surface area contributed by atoms with Crippen LogP contribution in [0.2, 0.25) is 0 Å². The van der Waals surface area contributed by atoms with Gasteiger partial charge in [-0.2, -0.15) is 22.0 Å². The number of esters is 1. The van der Waals surface area contributed by atoms with Gasteiger partial charge in [-0.05, 0) is 75.2 Å². The molecule has 10 nitrogen and oxygen atoms in total. The minimum absolute atomic E-state index is 0.155. The summed E-state index contributed by atoms with van der Waals surface area (Å²) < 4.78 is 7.12. The van der Waals surface area contributed by atoms with E-state index < -0.39 is 0 Å². The second-order valence-corrected chi connectivity index (χ2v) is 11.7. The van der Waals surface area contributed by atoms with Crippen molar-refractivity contribution in [3.05, 3.63) is 90.5 Å². The number of aromatic nitrogens is 1. The molecule has 242 valence electrons. The van der Waals surface area contributed by atoms with Crippen LogP contribution in [-0.2, 0) is 27.2 Å². The molecule has 45 heavy (non-hydrogen) atoms. The molecule has 11 heteroatoms. The van der Waals surface area contributed by atoms with Gasteiger partial charge in [0.15, 0.2) is 0 Å². The Labute approximate surface area is 271 Å². The van der Waals surface area contributed by atoms with Crippen LogP contribution in [0.5, 0.6) is 0 Å². The number of nitrogens with one attached hydrogen (secondary N) is 3. The van der Waals surface area contributed by atoms with Gasteiger partial charge in [0, 0.05) is 44.1 Å². The molecule has 1 amide bonds. The predicted octanol–water partition coefficient (Wildman–Crippen LogP) is 7.45. The Balaban J connectivity index is 1.19. The number of unbranched alkanes of at least 4 members (excludes halogenated alkanes) is 3. The van der Waals surface area contributed by atoms with Gasteiger partial charge < -0.3 is 24.8 Å². The van der Waals surface area contributed by atoms with Crippen LogP contribution < -0.4 is 16.1 Å². The van der Waals surface area contributed by atoms with Gasteiger partial charge in [-0.15, -0.1) is 0 Å². The van der Waals surface area contributed by atoms with Crippen molar-refractivity contribution in [2.24, 2.45) is 17.3 Å². The molecular formula is C34H46N6O4S. The van der Waals surface area contributed by atoms with Gasteiger partial charge in [0.2, 0.25) is 0 Å². The maximum atomic E-state index is 12.6. The number of allylic oxidation sites excluding steroid dienone is 1. The summed E-state index contributed by atoms with van der Waals surface area (Å²) in [4.78, 5) is 30.2. The molecule has 0 unspecified atom stereocenters. The standard InChI is InChI=1S/C34H46N6O4S/c1-27(12-9-11-20-35-2)44-39-31-24-32(40(3)25-31)34(42)36-21-10-5-8-15-33(41)43-22-23-45-26-28-16-18-30(19-17-28)38-37-29-13-6-4-7-14-29/h4,6-7,13-14,16-19,24-25,35,39H,1,5,8-12,15,20-23,26H2,2-3H3,(H,36,42). The second-order valence-electron chi connectivity index (χ2n) is 10.6. The first kappa shape index (κ1) is 35.4. The predicted molar refractivity (Wildman–Crippen MR) is 182 cm³/mol. The van der Waals surface area contributed by atoms with Crippen molar-refractivity contribution < 1.29 is 19.2 Å². The zero-order valence-electron chi connectivity index (χ0n) is 26.4. The van der Waals surface area contributed by atoms with Gasteiger partial charge in [0.05, 0.1) is 17.1 Å². The van der Waals surface area contributed by atoms with Crippen LogP contribution >= 0.6 is 11.8 Å². The second kappa shape index (κ2) is 20.8. The molecule has 3 aromatic rings. The molecule has 2 aromatic carbocycles. The quantitative estimate of drug-likeness (QED) is 0.0345.